The van der Waals surface area contributed by atoms with Gasteiger partial charge < -0.3 is 5.32 Å². The zero-order chi connectivity index (χ0) is 22.2. The van der Waals surface area contributed by atoms with Crippen LogP contribution in [0, 0.1) is 6.92 Å². The number of aromatic nitrogens is 3. The Balaban J connectivity index is 1.71. The van der Waals surface area contributed by atoms with Gasteiger partial charge in [-0.05, 0) is 51.8 Å². The van der Waals surface area contributed by atoms with Crippen LogP contribution in [-0.4, -0.2) is 46.5 Å². The van der Waals surface area contributed by atoms with Crippen molar-refractivity contribution in [3.63, 3.8) is 0 Å². The van der Waals surface area contributed by atoms with Crippen LogP contribution < -0.4 is 5.32 Å². The van der Waals surface area contributed by atoms with Crippen molar-refractivity contribution in [2.75, 3.05) is 18.4 Å². The van der Waals surface area contributed by atoms with Crippen molar-refractivity contribution in [1.29, 1.82) is 0 Å². The number of pyridine rings is 1. The van der Waals surface area contributed by atoms with E-state index in [4.69, 9.17) is 0 Å². The lowest BCUT2D eigenvalue weighted by atomic mass is 10.1. The van der Waals surface area contributed by atoms with Crippen LogP contribution >= 0.6 is 0 Å². The maximum atomic E-state index is 13.2. The zero-order valence-corrected chi connectivity index (χ0v) is 18.8. The number of amides is 1. The van der Waals surface area contributed by atoms with Gasteiger partial charge in [0.2, 0.25) is 10.0 Å². The number of fused-ring (bicyclic) bond motifs is 1. The highest BCUT2D eigenvalue weighted by atomic mass is 32.2. The predicted molar refractivity (Wildman–Crippen MR) is 120 cm³/mol. The summed E-state index contributed by atoms with van der Waals surface area (Å²) >= 11 is 0. The lowest BCUT2D eigenvalue weighted by Gasteiger charge is -2.26. The van der Waals surface area contributed by atoms with E-state index in [0.29, 0.717) is 35.4 Å². The summed E-state index contributed by atoms with van der Waals surface area (Å²) in [5.74, 6) is -0.389. The first-order valence-electron chi connectivity index (χ1n) is 10.5. The highest BCUT2D eigenvalue weighted by molar-refractivity contribution is 7.89. The fourth-order valence-electron chi connectivity index (χ4n) is 3.94. The topological polar surface area (TPSA) is 97.2 Å². The number of hydrogen-bond donors (Lipinski definition) is 1. The summed E-state index contributed by atoms with van der Waals surface area (Å²) in [7, 11) is -3.69. The molecule has 0 unspecified atom stereocenters. The Morgan fingerprint density at radius 1 is 1.13 bits per heavy atom. The van der Waals surface area contributed by atoms with Crippen molar-refractivity contribution in [2.45, 2.75) is 51.0 Å². The maximum Gasteiger partial charge on any atom is 0.256 e. The standard InChI is InChI=1S/C22H27N5O3S/c1-15(2)27-21-18(14-23-27)17(13-16(3)24-21)22(28)25-19-9-5-6-10-20(19)31(29,30)26-11-7-4-8-12-26/h5-6,9-10,13-15H,4,7-8,11-12H2,1-3H3,(H,25,28). The van der Waals surface area contributed by atoms with Gasteiger partial charge in [-0.1, -0.05) is 18.6 Å². The molecule has 4 rings (SSSR count). The van der Waals surface area contributed by atoms with Crippen LogP contribution in [0.5, 0.6) is 0 Å². The molecule has 8 nitrogen and oxygen atoms in total. The van der Waals surface area contributed by atoms with Crippen LogP contribution in [0.2, 0.25) is 0 Å². The molecule has 1 N–H and O–H groups in total. The molecule has 0 atom stereocenters. The Morgan fingerprint density at radius 2 is 1.84 bits per heavy atom. The Labute approximate surface area is 182 Å². The van der Waals surface area contributed by atoms with E-state index in [1.807, 2.05) is 20.8 Å². The van der Waals surface area contributed by atoms with Crippen molar-refractivity contribution >= 4 is 32.7 Å². The third kappa shape index (κ3) is 4.07. The first-order chi connectivity index (χ1) is 14.8. The first kappa shape index (κ1) is 21.5. The molecule has 1 aromatic carbocycles. The molecular formula is C22H27N5O3S. The Bertz CT molecular complexity index is 1230. The predicted octanol–water partition coefficient (Wildman–Crippen LogP) is 3.75. The number of hydrogen-bond acceptors (Lipinski definition) is 5. The smallest absolute Gasteiger partial charge is 0.256 e. The van der Waals surface area contributed by atoms with E-state index in [-0.39, 0.29) is 22.5 Å². The number of nitrogens with one attached hydrogen (secondary N) is 1. The van der Waals surface area contributed by atoms with Gasteiger partial charge in [0.15, 0.2) is 5.65 Å². The molecule has 0 saturated carbocycles. The van der Waals surface area contributed by atoms with Crippen LogP contribution in [0.25, 0.3) is 11.0 Å². The largest absolute Gasteiger partial charge is 0.321 e. The van der Waals surface area contributed by atoms with Gasteiger partial charge in [-0.15, -0.1) is 0 Å². The Hall–Kier alpha value is -2.78. The molecule has 0 bridgehead atoms. The maximum absolute atomic E-state index is 13.2. The van der Waals surface area contributed by atoms with E-state index in [2.05, 4.69) is 15.4 Å². The van der Waals surface area contributed by atoms with Crippen molar-refractivity contribution in [3.8, 4) is 0 Å². The van der Waals surface area contributed by atoms with Gasteiger partial charge in [-0.25, -0.2) is 18.1 Å². The number of rotatable bonds is 5. The molecule has 0 aliphatic carbocycles. The Kier molecular flexibility index (Phi) is 5.81. The average Bonchev–Trinajstić information content (AvgIpc) is 3.18. The number of carbonyl (C=O) groups excluding carboxylic acids is 1. The fourth-order valence-corrected chi connectivity index (χ4v) is 5.60. The molecule has 2 aromatic heterocycles. The van der Waals surface area contributed by atoms with E-state index >= 15 is 0 Å². The summed E-state index contributed by atoms with van der Waals surface area (Å²) in [5, 5.41) is 7.83. The van der Waals surface area contributed by atoms with Gasteiger partial charge in [0, 0.05) is 24.8 Å². The van der Waals surface area contributed by atoms with Gasteiger partial charge in [0.25, 0.3) is 5.91 Å². The molecule has 0 radical (unpaired) electrons. The monoisotopic (exact) mass is 441 g/mol. The Morgan fingerprint density at radius 3 is 2.55 bits per heavy atom. The number of benzene rings is 1. The van der Waals surface area contributed by atoms with E-state index in [0.717, 1.165) is 19.3 Å². The first-order valence-corrected chi connectivity index (χ1v) is 12.0. The molecule has 1 aliphatic heterocycles. The minimum absolute atomic E-state index is 0.0955. The SMILES string of the molecule is Cc1cc(C(=O)Nc2ccccc2S(=O)(=O)N2CCCCC2)c2cnn(C(C)C)c2n1. The van der Waals surface area contributed by atoms with Gasteiger partial charge in [-0.2, -0.15) is 9.40 Å². The normalized spacial score (nSPS) is 15.5. The molecule has 1 fully saturated rings. The highest BCUT2D eigenvalue weighted by Gasteiger charge is 2.29. The number of piperidine rings is 1. The molecule has 0 spiro atoms. The van der Waals surface area contributed by atoms with E-state index in [1.165, 1.54) is 4.31 Å². The van der Waals surface area contributed by atoms with E-state index in [1.54, 1.807) is 41.2 Å². The molecule has 164 valence electrons. The number of aryl methyl sites for hydroxylation is 1. The van der Waals surface area contributed by atoms with Crippen molar-refractivity contribution < 1.29 is 13.2 Å². The molecule has 3 aromatic rings. The third-order valence-electron chi connectivity index (χ3n) is 5.50. The van der Waals surface area contributed by atoms with Crippen LogP contribution in [0.3, 0.4) is 0 Å². The van der Waals surface area contributed by atoms with Crippen molar-refractivity contribution in [2.24, 2.45) is 0 Å². The summed E-state index contributed by atoms with van der Waals surface area (Å²) < 4.78 is 29.7. The second-order valence-corrected chi connectivity index (χ2v) is 10.1. The molecule has 31 heavy (non-hydrogen) atoms. The van der Waals surface area contributed by atoms with Crippen molar-refractivity contribution in [1.82, 2.24) is 19.1 Å². The van der Waals surface area contributed by atoms with Gasteiger partial charge in [0.05, 0.1) is 22.8 Å². The number of anilines is 1. The number of nitrogens with zero attached hydrogens (tertiary/aromatic N) is 4. The second kappa shape index (κ2) is 8.39. The molecule has 9 heteroatoms. The fraction of sp³-hybridized carbons (Fsp3) is 0.409. The number of carbonyl (C=O) groups is 1. The molecule has 1 aliphatic rings. The van der Waals surface area contributed by atoms with Crippen molar-refractivity contribution in [3.05, 3.63) is 47.8 Å². The lowest BCUT2D eigenvalue weighted by Crippen LogP contribution is -2.36. The summed E-state index contributed by atoms with van der Waals surface area (Å²) in [4.78, 5) is 17.9. The summed E-state index contributed by atoms with van der Waals surface area (Å²) in [6, 6.07) is 8.36. The summed E-state index contributed by atoms with van der Waals surface area (Å²) in [5.41, 5.74) is 2.01. The van der Waals surface area contributed by atoms with Crippen LogP contribution in [0.4, 0.5) is 5.69 Å². The lowest BCUT2D eigenvalue weighted by molar-refractivity contribution is 0.102. The summed E-state index contributed by atoms with van der Waals surface area (Å²) in [6.45, 7) is 6.82. The van der Waals surface area contributed by atoms with Crippen LogP contribution in [-0.2, 0) is 10.0 Å². The molecule has 1 saturated heterocycles. The number of para-hydroxylation sites is 1. The quantitative estimate of drug-likeness (QED) is 0.650. The van der Waals surface area contributed by atoms with E-state index < -0.39 is 10.0 Å². The number of sulfonamides is 1. The van der Waals surface area contributed by atoms with Gasteiger partial charge in [0.1, 0.15) is 4.90 Å². The minimum atomic E-state index is -3.69. The van der Waals surface area contributed by atoms with Crippen LogP contribution in [0.1, 0.15) is 55.2 Å². The highest BCUT2D eigenvalue weighted by Crippen LogP contribution is 2.28. The minimum Gasteiger partial charge on any atom is -0.321 e. The second-order valence-electron chi connectivity index (χ2n) is 8.15. The van der Waals surface area contributed by atoms with Gasteiger partial charge in [-0.3, -0.25) is 4.79 Å². The van der Waals surface area contributed by atoms with E-state index in [9.17, 15) is 13.2 Å². The average molecular weight is 442 g/mol. The van der Waals surface area contributed by atoms with Crippen LogP contribution in [0.15, 0.2) is 41.4 Å². The summed E-state index contributed by atoms with van der Waals surface area (Å²) in [6.07, 6.45) is 4.36. The third-order valence-corrected chi connectivity index (χ3v) is 7.45. The van der Waals surface area contributed by atoms with Gasteiger partial charge >= 0.3 is 0 Å². The molecular weight excluding hydrogens is 414 g/mol. The zero-order valence-electron chi connectivity index (χ0n) is 18.0. The molecule has 3 heterocycles. The molecule has 1 amide bonds.